The number of ether oxygens (including phenoxy) is 4. The third-order valence-electron chi connectivity index (χ3n) is 17.9. The van der Waals surface area contributed by atoms with Crippen molar-refractivity contribution in [2.75, 3.05) is 39.6 Å². The van der Waals surface area contributed by atoms with Crippen LogP contribution in [-0.4, -0.2) is 96.7 Å². The monoisotopic (exact) mass is 1380 g/mol. The quantitative estimate of drug-likeness (QED) is 0.0222. The Balaban J connectivity index is 5.21. The molecule has 0 aromatic rings. The molecular weight excluding hydrogens is 1230 g/mol. The molecule has 3 N–H and O–H groups in total. The van der Waals surface area contributed by atoms with Crippen molar-refractivity contribution >= 4 is 39.5 Å². The predicted molar refractivity (Wildman–Crippen MR) is 382 cm³/mol. The zero-order valence-corrected chi connectivity index (χ0v) is 62.9. The van der Waals surface area contributed by atoms with E-state index in [1.54, 1.807) is 0 Å². The van der Waals surface area contributed by atoms with Gasteiger partial charge in [-0.05, 0) is 31.6 Å². The van der Waals surface area contributed by atoms with Crippen LogP contribution in [-0.2, 0) is 65.4 Å². The zero-order chi connectivity index (χ0) is 69.1. The summed E-state index contributed by atoms with van der Waals surface area (Å²) in [4.78, 5) is 72.7. The topological polar surface area (TPSA) is 237 Å². The van der Waals surface area contributed by atoms with Crippen LogP contribution >= 0.6 is 15.6 Å². The number of carbonyl (C=O) groups excluding carboxylic acids is 4. The molecule has 0 saturated heterocycles. The van der Waals surface area contributed by atoms with Gasteiger partial charge in [0.15, 0.2) is 12.2 Å². The molecular formula is C75H146O17P2. The first kappa shape index (κ1) is 92.1. The summed E-state index contributed by atoms with van der Waals surface area (Å²) in [6.07, 6.45) is 56.8. The molecule has 0 radical (unpaired) electrons. The second-order valence-corrected chi connectivity index (χ2v) is 30.2. The minimum atomic E-state index is -4.96. The number of hydrogen-bond donors (Lipinski definition) is 3. The minimum absolute atomic E-state index is 0.107. The summed E-state index contributed by atoms with van der Waals surface area (Å²) < 4.78 is 68.4. The molecule has 0 aromatic heterocycles. The minimum Gasteiger partial charge on any atom is -0.462 e. The molecule has 3 unspecified atom stereocenters. The number of phosphoric acid groups is 2. The summed E-state index contributed by atoms with van der Waals surface area (Å²) in [6.45, 7) is 7.32. The van der Waals surface area contributed by atoms with Crippen LogP contribution in [0.25, 0.3) is 0 Å². The van der Waals surface area contributed by atoms with Crippen molar-refractivity contribution in [2.45, 2.75) is 412 Å². The smallest absolute Gasteiger partial charge is 0.462 e. The van der Waals surface area contributed by atoms with Gasteiger partial charge in [-0.2, -0.15) is 0 Å². The Morgan fingerprint density at radius 1 is 0.298 bits per heavy atom. The van der Waals surface area contributed by atoms with Crippen molar-refractivity contribution in [3.63, 3.8) is 0 Å². The highest BCUT2D eigenvalue weighted by molar-refractivity contribution is 7.47. The normalized spacial score (nSPS) is 14.3. The molecule has 0 aliphatic carbocycles. The fourth-order valence-corrected chi connectivity index (χ4v) is 13.1. The zero-order valence-electron chi connectivity index (χ0n) is 61.1. The SMILES string of the molecule is CCCCCCCCCCCCCCCCCCCC(=O)OC[C@H](COP(=O)(O)OC[C@@H](O)COP(=O)(O)OC[C@@H](COC(=O)CCCCCCCCCCC)OC(=O)CCCCCCCCCCCC)OC(=O)CCCCCCCCCCCCCCCCC(C)CC. The summed E-state index contributed by atoms with van der Waals surface area (Å²) in [7, 11) is -9.90. The summed E-state index contributed by atoms with van der Waals surface area (Å²) in [5, 5.41) is 10.6. The molecule has 0 saturated carbocycles. The van der Waals surface area contributed by atoms with E-state index < -0.39 is 97.5 Å². The van der Waals surface area contributed by atoms with Gasteiger partial charge in [0.25, 0.3) is 0 Å². The van der Waals surface area contributed by atoms with Crippen molar-refractivity contribution in [1.29, 1.82) is 0 Å². The molecule has 0 spiro atoms. The third kappa shape index (κ3) is 67.3. The Hall–Kier alpha value is -1.94. The lowest BCUT2D eigenvalue weighted by Crippen LogP contribution is -2.30. The molecule has 0 fully saturated rings. The van der Waals surface area contributed by atoms with Gasteiger partial charge < -0.3 is 33.8 Å². The lowest BCUT2D eigenvalue weighted by molar-refractivity contribution is -0.161. The fraction of sp³-hybridized carbons (Fsp3) is 0.947. The van der Waals surface area contributed by atoms with Crippen molar-refractivity contribution in [3.8, 4) is 0 Å². The van der Waals surface area contributed by atoms with Gasteiger partial charge in [0.2, 0.25) is 0 Å². The van der Waals surface area contributed by atoms with E-state index in [4.69, 9.17) is 37.0 Å². The summed E-state index contributed by atoms with van der Waals surface area (Å²) in [5.74, 6) is -1.27. The van der Waals surface area contributed by atoms with Crippen LogP contribution < -0.4 is 0 Å². The van der Waals surface area contributed by atoms with Crippen LogP contribution in [0.3, 0.4) is 0 Å². The Labute approximate surface area is 575 Å². The van der Waals surface area contributed by atoms with Crippen molar-refractivity contribution in [2.24, 2.45) is 5.92 Å². The number of aliphatic hydroxyl groups excluding tert-OH is 1. The molecule has 0 amide bonds. The first-order chi connectivity index (χ1) is 45.6. The molecule has 19 heteroatoms. The molecule has 558 valence electrons. The van der Waals surface area contributed by atoms with Gasteiger partial charge in [-0.3, -0.25) is 37.3 Å². The Kier molecular flexibility index (Phi) is 66.8. The Morgan fingerprint density at radius 2 is 0.511 bits per heavy atom. The highest BCUT2D eigenvalue weighted by atomic mass is 31.2. The van der Waals surface area contributed by atoms with Crippen LogP contribution in [0.4, 0.5) is 0 Å². The van der Waals surface area contributed by atoms with Gasteiger partial charge in [0, 0.05) is 25.7 Å². The number of rotatable bonds is 75. The number of esters is 4. The maximum atomic E-state index is 13.1. The molecule has 17 nitrogen and oxygen atoms in total. The van der Waals surface area contributed by atoms with Gasteiger partial charge in [-0.25, -0.2) is 9.13 Å². The fourth-order valence-electron chi connectivity index (χ4n) is 11.5. The standard InChI is InChI=1S/C75H146O17P2/c1-6-10-13-16-19-22-24-25-26-27-28-32-35-40-44-49-54-59-73(78)86-65-71(92-75(80)61-56-51-46-41-36-33-30-29-31-34-38-42-47-52-57-68(5)9-4)67-90-94(83,84)88-63-69(76)62-87-93(81,82)89-66-70(64-85-72(77)58-53-48-43-37-21-18-15-12-8-3)91-74(79)60-55-50-45-39-23-20-17-14-11-7-2/h68-71,76H,6-67H2,1-5H3,(H,81,82)(H,83,84)/t68?,69-,70+,71+/m0/s1. The van der Waals surface area contributed by atoms with Gasteiger partial charge in [0.05, 0.1) is 26.4 Å². The summed E-state index contributed by atoms with van der Waals surface area (Å²) in [6, 6.07) is 0. The van der Waals surface area contributed by atoms with E-state index in [9.17, 15) is 43.2 Å². The molecule has 0 rings (SSSR count). The first-order valence-electron chi connectivity index (χ1n) is 39.2. The predicted octanol–water partition coefficient (Wildman–Crippen LogP) is 22.1. The van der Waals surface area contributed by atoms with Crippen molar-refractivity contribution < 1.29 is 80.2 Å². The van der Waals surface area contributed by atoms with Crippen LogP contribution in [0.15, 0.2) is 0 Å². The molecule has 0 heterocycles. The van der Waals surface area contributed by atoms with Gasteiger partial charge >= 0.3 is 39.5 Å². The highest BCUT2D eigenvalue weighted by Crippen LogP contribution is 2.45. The lowest BCUT2D eigenvalue weighted by atomic mass is 9.99. The average Bonchev–Trinajstić information content (AvgIpc) is 1.42. The maximum absolute atomic E-state index is 13.1. The number of phosphoric ester groups is 2. The number of aliphatic hydroxyl groups is 1. The van der Waals surface area contributed by atoms with Crippen LogP contribution in [0.1, 0.15) is 394 Å². The number of carbonyl (C=O) groups is 4. The van der Waals surface area contributed by atoms with E-state index in [0.717, 1.165) is 95.8 Å². The van der Waals surface area contributed by atoms with Crippen LogP contribution in [0, 0.1) is 5.92 Å². The molecule has 0 aliphatic rings. The van der Waals surface area contributed by atoms with Gasteiger partial charge in [-0.15, -0.1) is 0 Å². The van der Waals surface area contributed by atoms with Crippen molar-refractivity contribution in [1.82, 2.24) is 0 Å². The maximum Gasteiger partial charge on any atom is 0.472 e. The second-order valence-electron chi connectivity index (χ2n) is 27.3. The summed E-state index contributed by atoms with van der Waals surface area (Å²) in [5.41, 5.74) is 0. The van der Waals surface area contributed by atoms with Crippen LogP contribution in [0.5, 0.6) is 0 Å². The Bertz CT molecular complexity index is 1810. The highest BCUT2D eigenvalue weighted by Gasteiger charge is 2.30. The third-order valence-corrected chi connectivity index (χ3v) is 19.8. The largest absolute Gasteiger partial charge is 0.472 e. The molecule has 6 atom stereocenters. The number of unbranched alkanes of at least 4 members (excludes halogenated alkanes) is 46. The molecule has 0 bridgehead atoms. The Morgan fingerprint density at radius 3 is 0.755 bits per heavy atom. The van der Waals surface area contributed by atoms with Crippen molar-refractivity contribution in [3.05, 3.63) is 0 Å². The van der Waals surface area contributed by atoms with Gasteiger partial charge in [-0.1, -0.05) is 343 Å². The van der Waals surface area contributed by atoms with E-state index in [-0.39, 0.29) is 25.7 Å². The molecule has 0 aliphatic heterocycles. The average molecular weight is 1380 g/mol. The summed E-state index contributed by atoms with van der Waals surface area (Å²) >= 11 is 0. The second kappa shape index (κ2) is 68.2. The van der Waals surface area contributed by atoms with E-state index >= 15 is 0 Å². The van der Waals surface area contributed by atoms with E-state index in [0.29, 0.717) is 25.7 Å². The molecule has 0 aromatic carbocycles. The molecule has 94 heavy (non-hydrogen) atoms. The van der Waals surface area contributed by atoms with Crippen LogP contribution in [0.2, 0.25) is 0 Å². The first-order valence-corrected chi connectivity index (χ1v) is 42.2. The van der Waals surface area contributed by atoms with E-state index in [1.165, 1.54) is 218 Å². The number of hydrogen-bond acceptors (Lipinski definition) is 15. The lowest BCUT2D eigenvalue weighted by Gasteiger charge is -2.21. The van der Waals surface area contributed by atoms with E-state index in [1.807, 2.05) is 0 Å². The van der Waals surface area contributed by atoms with E-state index in [2.05, 4.69) is 34.6 Å². The van der Waals surface area contributed by atoms with Gasteiger partial charge in [0.1, 0.15) is 19.3 Å².